The molecule has 3 aromatic carbocycles. The van der Waals surface area contributed by atoms with Gasteiger partial charge in [0.15, 0.2) is 0 Å². The maximum Gasteiger partial charge on any atom is 0.335 e. The monoisotopic (exact) mass is 599 g/mol. The van der Waals surface area contributed by atoms with E-state index in [4.69, 9.17) is 14.7 Å². The Balaban J connectivity index is 1.24. The number of fused-ring (bicyclic) bond motifs is 1. The number of carbonyl (C=O) groups is 1. The summed E-state index contributed by atoms with van der Waals surface area (Å²) in [6.07, 6.45) is 3.46. The summed E-state index contributed by atoms with van der Waals surface area (Å²) < 4.78 is 58.1. The van der Waals surface area contributed by atoms with Gasteiger partial charge in [-0.05, 0) is 66.9 Å². The number of rotatable bonds is 11. The summed E-state index contributed by atoms with van der Waals surface area (Å²) in [6.45, 7) is 0.493. The molecule has 1 aliphatic rings. The zero-order valence-corrected chi connectivity index (χ0v) is 23.1. The number of benzene rings is 3. The van der Waals surface area contributed by atoms with Gasteiger partial charge in [0.2, 0.25) is 0 Å². The van der Waals surface area contributed by atoms with Crippen LogP contribution >= 0.6 is 0 Å². The number of carboxylic acids is 1. The van der Waals surface area contributed by atoms with Crippen molar-refractivity contribution >= 4 is 17.0 Å². The Morgan fingerprint density at radius 1 is 1.00 bits per heavy atom. The third-order valence-corrected chi connectivity index (χ3v) is 7.20. The van der Waals surface area contributed by atoms with E-state index < -0.39 is 23.4 Å². The molecule has 2 aromatic heterocycles. The van der Waals surface area contributed by atoms with Crippen LogP contribution in [0.25, 0.3) is 22.3 Å². The second-order valence-electron chi connectivity index (χ2n) is 10.3. The summed E-state index contributed by atoms with van der Waals surface area (Å²) in [5.74, 6) is -2.71. The van der Waals surface area contributed by atoms with Gasteiger partial charge in [-0.2, -0.15) is 10.2 Å². The van der Waals surface area contributed by atoms with E-state index in [1.807, 2.05) is 6.07 Å². The summed E-state index contributed by atoms with van der Waals surface area (Å²) in [5.41, 5.74) is 1.50. The lowest BCUT2D eigenvalue weighted by Gasteiger charge is -2.12. The van der Waals surface area contributed by atoms with Gasteiger partial charge in [-0.15, -0.1) is 0 Å². The predicted molar refractivity (Wildman–Crippen MR) is 151 cm³/mol. The van der Waals surface area contributed by atoms with Crippen molar-refractivity contribution in [2.24, 2.45) is 0 Å². The van der Waals surface area contributed by atoms with Gasteiger partial charge in [-0.1, -0.05) is 6.07 Å². The van der Waals surface area contributed by atoms with E-state index in [9.17, 15) is 14.3 Å². The van der Waals surface area contributed by atoms with Crippen LogP contribution < -0.4 is 4.74 Å². The Morgan fingerprint density at radius 3 is 2.57 bits per heavy atom. The average Bonchev–Trinajstić information content (AvgIpc) is 3.78. The molecule has 0 saturated heterocycles. The Labute approximate surface area is 249 Å². The normalized spacial score (nSPS) is 12.8. The third-order valence-electron chi connectivity index (χ3n) is 7.20. The van der Waals surface area contributed by atoms with Crippen LogP contribution in [-0.4, -0.2) is 43.3 Å². The maximum absolute atomic E-state index is 15.5. The molecule has 0 radical (unpaired) electrons. The fourth-order valence-corrected chi connectivity index (χ4v) is 4.76. The Kier molecular flexibility index (Phi) is 7.95. The van der Waals surface area contributed by atoms with Crippen molar-refractivity contribution in [1.29, 1.82) is 5.26 Å². The first-order chi connectivity index (χ1) is 21.3. The second kappa shape index (κ2) is 12.1. The average molecular weight is 600 g/mol. The van der Waals surface area contributed by atoms with Gasteiger partial charge >= 0.3 is 12.0 Å². The van der Waals surface area contributed by atoms with Gasteiger partial charge in [-0.3, -0.25) is 0 Å². The Bertz CT molecular complexity index is 1930. The van der Waals surface area contributed by atoms with E-state index >= 15 is 8.78 Å². The van der Waals surface area contributed by atoms with Gasteiger partial charge in [0.05, 0.1) is 46.6 Å². The number of ether oxygens (including phenoxy) is 2. The molecule has 0 aliphatic heterocycles. The number of carboxylic acid groups (broad SMARTS) is 1. The number of hydrogen-bond acceptors (Lipinski definition) is 7. The smallest absolute Gasteiger partial charge is 0.335 e. The summed E-state index contributed by atoms with van der Waals surface area (Å²) in [6, 6.07) is 13.7. The standard InChI is InChI=1S/C32H24F3N5O4/c33-24-11-18(16-36)1-2-20(24)17-44-32-37-8-7-27(39-32)23-15-25(34)21(12-26(23)35)14-30-38-28-6-3-19(31(41)42)13-29(28)40(30)9-10-43-22-4-5-22/h1-3,6-8,11-13,15,22H,4-5,9-10,14,17H2,(H,41,42). The second-order valence-corrected chi connectivity index (χ2v) is 10.3. The van der Waals surface area contributed by atoms with E-state index in [0.717, 1.165) is 31.0 Å². The minimum absolute atomic E-state index is 0.0474. The summed E-state index contributed by atoms with van der Waals surface area (Å²) in [4.78, 5) is 24.3. The van der Waals surface area contributed by atoms with E-state index in [0.29, 0.717) is 30.0 Å². The first-order valence-corrected chi connectivity index (χ1v) is 13.8. The van der Waals surface area contributed by atoms with Gasteiger partial charge in [0.1, 0.15) is 29.9 Å². The fourth-order valence-electron chi connectivity index (χ4n) is 4.76. The van der Waals surface area contributed by atoms with Crippen LogP contribution in [0.3, 0.4) is 0 Å². The molecule has 0 atom stereocenters. The highest BCUT2D eigenvalue weighted by Gasteiger charge is 2.23. The van der Waals surface area contributed by atoms with Crippen LogP contribution in [0.15, 0.2) is 60.8 Å². The first kappa shape index (κ1) is 28.8. The summed E-state index contributed by atoms with van der Waals surface area (Å²) >= 11 is 0. The van der Waals surface area contributed by atoms with Crippen LogP contribution in [-0.2, 0) is 24.3 Å². The van der Waals surface area contributed by atoms with Crippen molar-refractivity contribution in [1.82, 2.24) is 19.5 Å². The molecule has 0 amide bonds. The van der Waals surface area contributed by atoms with Crippen LogP contribution in [0.4, 0.5) is 13.2 Å². The highest BCUT2D eigenvalue weighted by molar-refractivity contribution is 5.92. The molecule has 9 nitrogen and oxygen atoms in total. The Hall–Kier alpha value is -5.28. The van der Waals surface area contributed by atoms with E-state index in [-0.39, 0.29) is 58.7 Å². The van der Waals surface area contributed by atoms with Crippen molar-refractivity contribution < 1.29 is 32.5 Å². The van der Waals surface area contributed by atoms with Gasteiger partial charge in [0.25, 0.3) is 0 Å². The molecule has 0 spiro atoms. The first-order valence-electron chi connectivity index (χ1n) is 13.8. The summed E-state index contributed by atoms with van der Waals surface area (Å²) in [5, 5.41) is 18.4. The van der Waals surface area contributed by atoms with Crippen molar-refractivity contribution in [3.63, 3.8) is 0 Å². The van der Waals surface area contributed by atoms with Crippen molar-refractivity contribution in [3.8, 4) is 23.3 Å². The van der Waals surface area contributed by atoms with Crippen molar-refractivity contribution in [2.75, 3.05) is 6.61 Å². The number of hydrogen-bond donors (Lipinski definition) is 1. The molecule has 44 heavy (non-hydrogen) atoms. The van der Waals surface area contributed by atoms with Gasteiger partial charge in [-0.25, -0.2) is 27.9 Å². The van der Waals surface area contributed by atoms with Crippen LogP contribution in [0.1, 0.15) is 45.7 Å². The number of nitriles is 1. The highest BCUT2D eigenvalue weighted by atomic mass is 19.1. The topological polar surface area (TPSA) is 123 Å². The lowest BCUT2D eigenvalue weighted by atomic mass is 10.0. The van der Waals surface area contributed by atoms with E-state index in [1.54, 1.807) is 10.6 Å². The highest BCUT2D eigenvalue weighted by Crippen LogP contribution is 2.28. The van der Waals surface area contributed by atoms with Crippen LogP contribution in [0, 0.1) is 28.8 Å². The molecule has 0 bridgehead atoms. The molecule has 6 rings (SSSR count). The minimum atomic E-state index is -1.08. The molecule has 1 saturated carbocycles. The quantitative estimate of drug-likeness (QED) is 0.201. The molecule has 1 N–H and O–H groups in total. The number of aromatic nitrogens is 4. The molecular weight excluding hydrogens is 575 g/mol. The molecular formula is C32H24F3N5O4. The van der Waals surface area contributed by atoms with Crippen molar-refractivity contribution in [2.45, 2.75) is 38.5 Å². The fraction of sp³-hybridized carbons (Fsp3) is 0.219. The molecule has 2 heterocycles. The van der Waals surface area contributed by atoms with E-state index in [2.05, 4.69) is 15.0 Å². The zero-order chi connectivity index (χ0) is 30.8. The predicted octanol–water partition coefficient (Wildman–Crippen LogP) is 5.83. The Morgan fingerprint density at radius 2 is 1.82 bits per heavy atom. The lowest BCUT2D eigenvalue weighted by Crippen LogP contribution is -2.11. The largest absolute Gasteiger partial charge is 0.478 e. The molecule has 5 aromatic rings. The van der Waals surface area contributed by atoms with Crippen molar-refractivity contribution in [3.05, 3.63) is 106 Å². The number of aromatic carboxylic acids is 1. The SMILES string of the molecule is N#Cc1ccc(COc2nccc(-c3cc(F)c(Cc4nc5ccc(C(=O)O)cc5n4CCOC4CC4)cc3F)n2)c(F)c1. The molecule has 0 unspecified atom stereocenters. The van der Waals surface area contributed by atoms with E-state index in [1.165, 1.54) is 36.5 Å². The number of nitrogens with zero attached hydrogens (tertiary/aromatic N) is 5. The maximum atomic E-state index is 15.5. The number of halogens is 3. The minimum Gasteiger partial charge on any atom is -0.478 e. The summed E-state index contributed by atoms with van der Waals surface area (Å²) in [7, 11) is 0. The molecule has 222 valence electrons. The third kappa shape index (κ3) is 6.23. The lowest BCUT2D eigenvalue weighted by molar-refractivity contribution is 0.0697. The number of imidazole rings is 1. The molecule has 12 heteroatoms. The van der Waals surface area contributed by atoms with Gasteiger partial charge < -0.3 is 19.1 Å². The van der Waals surface area contributed by atoms with Gasteiger partial charge in [0, 0.05) is 30.3 Å². The molecule has 1 aliphatic carbocycles. The molecule has 1 fully saturated rings. The van der Waals surface area contributed by atoms with Crippen LogP contribution in [0.5, 0.6) is 6.01 Å². The van der Waals surface area contributed by atoms with Crippen LogP contribution in [0.2, 0.25) is 0 Å². The zero-order valence-electron chi connectivity index (χ0n) is 23.1.